The third-order valence-electron chi connectivity index (χ3n) is 2.03. The second-order valence-corrected chi connectivity index (χ2v) is 5.96. The average molecular weight is 335 g/mol. The lowest BCUT2D eigenvalue weighted by Gasteiger charge is -2.17. The summed E-state index contributed by atoms with van der Waals surface area (Å²) < 4.78 is 0.792. The Morgan fingerprint density at radius 3 is 2.44 bits per heavy atom. The van der Waals surface area contributed by atoms with Crippen molar-refractivity contribution >= 4 is 45.1 Å². The molecule has 1 heterocycles. The highest BCUT2D eigenvalue weighted by atomic mass is 79.9. The molecule has 0 aliphatic rings. The number of carbonyl (C=O) groups is 3. The summed E-state index contributed by atoms with van der Waals surface area (Å²) in [6.07, 6.45) is 0. The van der Waals surface area contributed by atoms with Gasteiger partial charge < -0.3 is 15.7 Å². The Balaban J connectivity index is 2.94. The van der Waals surface area contributed by atoms with E-state index in [0.29, 0.717) is 4.88 Å². The molecule has 98 valence electrons. The molecule has 0 aliphatic heterocycles. The van der Waals surface area contributed by atoms with E-state index in [1.54, 1.807) is 6.07 Å². The lowest BCUT2D eigenvalue weighted by atomic mass is 10.3. The first-order chi connectivity index (χ1) is 8.31. The van der Waals surface area contributed by atoms with Gasteiger partial charge in [0.15, 0.2) is 0 Å². The molecule has 1 aromatic heterocycles. The van der Waals surface area contributed by atoms with Gasteiger partial charge in [0.25, 0.3) is 5.91 Å². The maximum absolute atomic E-state index is 12.0. The zero-order valence-electron chi connectivity index (χ0n) is 9.47. The Morgan fingerprint density at radius 2 is 2.06 bits per heavy atom. The molecule has 2 amide bonds. The van der Waals surface area contributed by atoms with Crippen molar-refractivity contribution in [1.82, 2.24) is 4.90 Å². The van der Waals surface area contributed by atoms with Gasteiger partial charge in [0.1, 0.15) is 13.1 Å². The third kappa shape index (κ3) is 3.81. The van der Waals surface area contributed by atoms with E-state index in [1.807, 2.05) is 6.92 Å². The summed E-state index contributed by atoms with van der Waals surface area (Å²) in [5.41, 5.74) is 5.86. The number of hydrogen-bond acceptors (Lipinski definition) is 4. The first kappa shape index (κ1) is 14.7. The van der Waals surface area contributed by atoms with Crippen LogP contribution in [0.1, 0.15) is 15.2 Å². The summed E-state index contributed by atoms with van der Waals surface area (Å²) in [6, 6.07) is 1.63. The molecule has 0 unspecified atom stereocenters. The second-order valence-electron chi connectivity index (χ2n) is 3.59. The quantitative estimate of drug-likeness (QED) is 0.832. The molecule has 0 aromatic carbocycles. The van der Waals surface area contributed by atoms with Gasteiger partial charge in [-0.2, -0.15) is 0 Å². The predicted octanol–water partition coefficient (Wildman–Crippen LogP) is 0.831. The summed E-state index contributed by atoms with van der Waals surface area (Å²) >= 11 is 4.46. The number of aliphatic carboxylic acids is 1. The minimum atomic E-state index is -1.20. The van der Waals surface area contributed by atoms with Gasteiger partial charge in [0.05, 0.1) is 8.66 Å². The molecule has 8 heteroatoms. The largest absolute Gasteiger partial charge is 0.480 e. The smallest absolute Gasteiger partial charge is 0.323 e. The van der Waals surface area contributed by atoms with Gasteiger partial charge >= 0.3 is 5.97 Å². The number of amides is 2. The van der Waals surface area contributed by atoms with E-state index in [1.165, 1.54) is 11.3 Å². The topological polar surface area (TPSA) is 101 Å². The number of nitrogens with zero attached hydrogens (tertiary/aromatic N) is 1. The van der Waals surface area contributed by atoms with Gasteiger partial charge in [0.2, 0.25) is 5.91 Å². The highest BCUT2D eigenvalue weighted by molar-refractivity contribution is 9.11. The normalized spacial score (nSPS) is 10.1. The van der Waals surface area contributed by atoms with E-state index in [-0.39, 0.29) is 0 Å². The Morgan fingerprint density at radius 1 is 1.44 bits per heavy atom. The molecule has 0 spiro atoms. The van der Waals surface area contributed by atoms with Crippen LogP contribution in [0, 0.1) is 6.92 Å². The SMILES string of the molecule is Cc1cc(C(=O)N(CC(N)=O)CC(=O)O)sc1Br. The number of carboxylic acid groups (broad SMARTS) is 1. The van der Waals surface area contributed by atoms with Crippen LogP contribution in [0.25, 0.3) is 0 Å². The number of nitrogens with two attached hydrogens (primary N) is 1. The van der Waals surface area contributed by atoms with Gasteiger partial charge in [-0.3, -0.25) is 14.4 Å². The number of halogens is 1. The Bertz CT molecular complexity index is 465. The lowest BCUT2D eigenvalue weighted by molar-refractivity contribution is -0.138. The fourth-order valence-electron chi connectivity index (χ4n) is 1.27. The Hall–Kier alpha value is -1.41. The van der Waals surface area contributed by atoms with Gasteiger partial charge in [-0.1, -0.05) is 0 Å². The molecule has 3 N–H and O–H groups in total. The van der Waals surface area contributed by atoms with Crippen LogP contribution in [-0.4, -0.2) is 40.9 Å². The van der Waals surface area contributed by atoms with Gasteiger partial charge in [-0.05, 0) is 34.5 Å². The maximum Gasteiger partial charge on any atom is 0.323 e. The van der Waals surface area contributed by atoms with Crippen LogP contribution in [0.5, 0.6) is 0 Å². The molecule has 0 fully saturated rings. The second kappa shape index (κ2) is 5.96. The number of carboxylic acids is 1. The summed E-state index contributed by atoms with van der Waals surface area (Å²) in [6.45, 7) is 0.836. The summed E-state index contributed by atoms with van der Waals surface area (Å²) in [7, 11) is 0. The number of hydrogen-bond donors (Lipinski definition) is 2. The molecule has 6 nitrogen and oxygen atoms in total. The zero-order valence-corrected chi connectivity index (χ0v) is 11.9. The Kier molecular flexibility index (Phi) is 4.85. The molecule has 1 aromatic rings. The molecule has 0 aliphatic carbocycles. The van der Waals surface area contributed by atoms with Gasteiger partial charge in [0, 0.05) is 0 Å². The molecule has 0 saturated heterocycles. The Labute approximate surface area is 116 Å². The summed E-state index contributed by atoms with van der Waals surface area (Å²) in [5, 5.41) is 8.70. The van der Waals surface area contributed by atoms with E-state index < -0.39 is 30.9 Å². The molecular formula is C10H11BrN2O4S. The molecule has 0 radical (unpaired) electrons. The zero-order chi connectivity index (χ0) is 13.9. The molecule has 0 saturated carbocycles. The number of primary amides is 1. The number of thiophene rings is 1. The first-order valence-electron chi connectivity index (χ1n) is 4.86. The van der Waals surface area contributed by atoms with Crippen LogP contribution in [0.2, 0.25) is 0 Å². The highest BCUT2D eigenvalue weighted by Crippen LogP contribution is 2.28. The molecule has 18 heavy (non-hydrogen) atoms. The third-order valence-corrected chi connectivity index (χ3v) is 4.15. The van der Waals surface area contributed by atoms with Gasteiger partial charge in [-0.15, -0.1) is 11.3 Å². The van der Waals surface area contributed by atoms with Gasteiger partial charge in [-0.25, -0.2) is 0 Å². The van der Waals surface area contributed by atoms with Crippen molar-refractivity contribution in [3.63, 3.8) is 0 Å². The minimum Gasteiger partial charge on any atom is -0.480 e. The summed E-state index contributed by atoms with van der Waals surface area (Å²) in [5.74, 6) is -2.47. The van der Waals surface area contributed by atoms with E-state index >= 15 is 0 Å². The maximum atomic E-state index is 12.0. The standard InChI is InChI=1S/C10H11BrN2O4S/c1-5-2-6(18-9(5)11)10(17)13(3-7(12)14)4-8(15)16/h2H,3-4H2,1H3,(H2,12,14)(H,15,16). The van der Waals surface area contributed by atoms with Crippen LogP contribution in [-0.2, 0) is 9.59 Å². The van der Waals surface area contributed by atoms with E-state index in [9.17, 15) is 14.4 Å². The minimum absolute atomic E-state index is 0.363. The fraction of sp³-hybridized carbons (Fsp3) is 0.300. The fourth-order valence-corrected chi connectivity index (χ4v) is 2.77. The molecule has 0 atom stereocenters. The van der Waals surface area contributed by atoms with E-state index in [2.05, 4.69) is 15.9 Å². The van der Waals surface area contributed by atoms with Crippen LogP contribution < -0.4 is 5.73 Å². The van der Waals surface area contributed by atoms with E-state index in [4.69, 9.17) is 10.8 Å². The molecule has 1 rings (SSSR count). The average Bonchev–Trinajstić information content (AvgIpc) is 2.56. The lowest BCUT2D eigenvalue weighted by Crippen LogP contribution is -2.41. The van der Waals surface area contributed by atoms with Crippen molar-refractivity contribution in [3.05, 3.63) is 20.3 Å². The van der Waals surface area contributed by atoms with Crippen LogP contribution in [0.3, 0.4) is 0 Å². The first-order valence-corrected chi connectivity index (χ1v) is 6.47. The van der Waals surface area contributed by atoms with Crippen molar-refractivity contribution < 1.29 is 19.5 Å². The van der Waals surface area contributed by atoms with E-state index in [0.717, 1.165) is 14.2 Å². The van der Waals surface area contributed by atoms with Crippen molar-refractivity contribution in [3.8, 4) is 0 Å². The van der Waals surface area contributed by atoms with Crippen molar-refractivity contribution in [2.75, 3.05) is 13.1 Å². The monoisotopic (exact) mass is 334 g/mol. The molecule has 0 bridgehead atoms. The number of rotatable bonds is 5. The van der Waals surface area contributed by atoms with Crippen molar-refractivity contribution in [2.24, 2.45) is 5.73 Å². The summed E-state index contributed by atoms with van der Waals surface area (Å²) in [4.78, 5) is 34.8. The van der Waals surface area contributed by atoms with Crippen molar-refractivity contribution in [1.29, 1.82) is 0 Å². The van der Waals surface area contributed by atoms with Crippen LogP contribution >= 0.6 is 27.3 Å². The van der Waals surface area contributed by atoms with Crippen LogP contribution in [0.15, 0.2) is 9.85 Å². The number of aryl methyl sites for hydroxylation is 1. The number of carbonyl (C=O) groups excluding carboxylic acids is 2. The van der Waals surface area contributed by atoms with Crippen molar-refractivity contribution in [2.45, 2.75) is 6.92 Å². The van der Waals surface area contributed by atoms with Crippen LogP contribution in [0.4, 0.5) is 0 Å². The predicted molar refractivity (Wildman–Crippen MR) is 69.5 cm³/mol. The highest BCUT2D eigenvalue weighted by Gasteiger charge is 2.22. The molecular weight excluding hydrogens is 324 g/mol.